The van der Waals surface area contributed by atoms with Crippen LogP contribution in [0.5, 0.6) is 0 Å². The number of aliphatic hydroxyl groups excluding tert-OH is 2. The SMILES string of the molecule is CSCCC(NC(=O)[O-])C(O)C(O)C(CCSC)NC(=O)[O-]. The minimum Gasteiger partial charge on any atom is -0.530 e. The first-order valence-electron chi connectivity index (χ1n) is 6.62. The van der Waals surface area contributed by atoms with Gasteiger partial charge in [-0.3, -0.25) is 0 Å². The molecule has 4 atom stereocenters. The fraction of sp³-hybridized carbons (Fsp3) is 0.833. The Morgan fingerprint density at radius 2 is 1.23 bits per heavy atom. The van der Waals surface area contributed by atoms with Crippen molar-refractivity contribution >= 4 is 35.7 Å². The fourth-order valence-corrected chi connectivity index (χ4v) is 2.90. The Balaban J connectivity index is 4.89. The molecule has 0 bridgehead atoms. The van der Waals surface area contributed by atoms with E-state index in [1.807, 2.05) is 23.1 Å². The van der Waals surface area contributed by atoms with Gasteiger partial charge in [0.15, 0.2) is 0 Å². The highest BCUT2D eigenvalue weighted by atomic mass is 32.2. The van der Waals surface area contributed by atoms with Crippen LogP contribution in [0.3, 0.4) is 0 Å². The molecule has 10 heteroatoms. The Morgan fingerprint density at radius 1 is 0.909 bits per heavy atom. The van der Waals surface area contributed by atoms with E-state index in [4.69, 9.17) is 0 Å². The number of carbonyl (C=O) groups excluding carboxylic acids is 2. The van der Waals surface area contributed by atoms with E-state index in [-0.39, 0.29) is 12.8 Å². The lowest BCUT2D eigenvalue weighted by atomic mass is 9.96. The van der Waals surface area contributed by atoms with Crippen LogP contribution < -0.4 is 20.8 Å². The fourth-order valence-electron chi connectivity index (χ4n) is 1.93. The van der Waals surface area contributed by atoms with Gasteiger partial charge in [0.25, 0.3) is 0 Å². The molecule has 0 saturated heterocycles. The van der Waals surface area contributed by atoms with Gasteiger partial charge >= 0.3 is 0 Å². The second-order valence-corrected chi connectivity index (χ2v) is 6.59. The molecule has 0 rings (SSSR count). The quantitative estimate of drug-likeness (QED) is 0.328. The Bertz CT molecular complexity index is 316. The third-order valence-corrected chi connectivity index (χ3v) is 4.33. The topological polar surface area (TPSA) is 145 Å². The van der Waals surface area contributed by atoms with Crippen LogP contribution in [0, 0.1) is 0 Å². The smallest absolute Gasteiger partial charge is 0.134 e. The third-order valence-electron chi connectivity index (χ3n) is 3.05. The molecule has 4 unspecified atom stereocenters. The van der Waals surface area contributed by atoms with Crippen molar-refractivity contribution in [3.05, 3.63) is 0 Å². The van der Waals surface area contributed by atoms with Crippen molar-refractivity contribution in [3.8, 4) is 0 Å². The van der Waals surface area contributed by atoms with Crippen LogP contribution in [0.2, 0.25) is 0 Å². The number of amides is 2. The van der Waals surface area contributed by atoms with Crippen LogP contribution in [-0.4, -0.2) is 70.7 Å². The maximum absolute atomic E-state index is 10.7. The molecule has 0 aromatic rings. The molecule has 0 aliphatic carbocycles. The van der Waals surface area contributed by atoms with Crippen LogP contribution in [-0.2, 0) is 0 Å². The zero-order valence-corrected chi connectivity index (χ0v) is 14.1. The lowest BCUT2D eigenvalue weighted by Gasteiger charge is -2.33. The number of rotatable bonds is 11. The highest BCUT2D eigenvalue weighted by molar-refractivity contribution is 7.98. The number of aliphatic hydroxyl groups is 2. The molecule has 0 aromatic carbocycles. The van der Waals surface area contributed by atoms with E-state index in [0.29, 0.717) is 11.5 Å². The summed E-state index contributed by atoms with van der Waals surface area (Å²) in [5, 5.41) is 45.8. The van der Waals surface area contributed by atoms with E-state index in [2.05, 4.69) is 0 Å². The van der Waals surface area contributed by atoms with E-state index in [1.165, 1.54) is 23.5 Å². The Morgan fingerprint density at radius 3 is 1.45 bits per heavy atom. The van der Waals surface area contributed by atoms with Crippen LogP contribution in [0.15, 0.2) is 0 Å². The van der Waals surface area contributed by atoms with Gasteiger partial charge in [0.2, 0.25) is 0 Å². The predicted octanol–water partition coefficient (Wildman–Crippen LogP) is -2.18. The van der Waals surface area contributed by atoms with Crippen molar-refractivity contribution in [2.24, 2.45) is 0 Å². The summed E-state index contributed by atoms with van der Waals surface area (Å²) in [5.74, 6) is 1.11. The van der Waals surface area contributed by atoms with Gasteiger partial charge < -0.3 is 40.6 Å². The minimum atomic E-state index is -1.56. The average molecular weight is 354 g/mol. The molecule has 0 aliphatic rings. The number of hydrogen-bond donors (Lipinski definition) is 4. The summed E-state index contributed by atoms with van der Waals surface area (Å²) in [6.07, 6.45) is -1.89. The van der Waals surface area contributed by atoms with E-state index in [9.17, 15) is 30.0 Å². The van der Waals surface area contributed by atoms with Gasteiger partial charge in [-0.15, -0.1) is 0 Å². The molecule has 0 aliphatic heterocycles. The Hall–Kier alpha value is -0.840. The molecule has 8 nitrogen and oxygen atoms in total. The van der Waals surface area contributed by atoms with Crippen molar-refractivity contribution in [3.63, 3.8) is 0 Å². The first kappa shape index (κ1) is 21.2. The van der Waals surface area contributed by atoms with E-state index < -0.39 is 36.5 Å². The highest BCUT2D eigenvalue weighted by Crippen LogP contribution is 2.14. The van der Waals surface area contributed by atoms with Crippen molar-refractivity contribution in [1.29, 1.82) is 0 Å². The zero-order chi connectivity index (χ0) is 17.1. The molecule has 2 amide bonds. The summed E-state index contributed by atoms with van der Waals surface area (Å²) >= 11 is 2.90. The third kappa shape index (κ3) is 8.57. The Kier molecular flexibility index (Phi) is 11.2. The molecule has 0 radical (unpaired) electrons. The maximum atomic E-state index is 10.7. The summed E-state index contributed by atoms with van der Waals surface area (Å²) in [5.41, 5.74) is 0. The molecule has 0 spiro atoms. The van der Waals surface area contributed by atoms with Crippen LogP contribution in [0.4, 0.5) is 9.59 Å². The van der Waals surface area contributed by atoms with Gasteiger partial charge in [0, 0.05) is 0 Å². The number of nitrogens with one attached hydrogen (secondary N) is 2. The van der Waals surface area contributed by atoms with Gasteiger partial charge in [-0.1, -0.05) is 0 Å². The van der Waals surface area contributed by atoms with Crippen LogP contribution in [0.25, 0.3) is 0 Å². The molecule has 22 heavy (non-hydrogen) atoms. The van der Waals surface area contributed by atoms with Gasteiger partial charge in [-0.2, -0.15) is 23.5 Å². The molecule has 0 saturated carbocycles. The van der Waals surface area contributed by atoms with Gasteiger partial charge in [-0.05, 0) is 36.9 Å². The monoisotopic (exact) mass is 354 g/mol. The second-order valence-electron chi connectivity index (χ2n) is 4.62. The normalized spacial score (nSPS) is 16.4. The largest absolute Gasteiger partial charge is 0.530 e. The van der Waals surface area contributed by atoms with E-state index in [1.54, 1.807) is 0 Å². The summed E-state index contributed by atoms with van der Waals surface area (Å²) in [6.45, 7) is 0. The first-order valence-corrected chi connectivity index (χ1v) is 9.41. The molecule has 0 heterocycles. The number of carbonyl (C=O) groups is 2. The summed E-state index contributed by atoms with van der Waals surface area (Å²) in [4.78, 5) is 21.3. The lowest BCUT2D eigenvalue weighted by Crippen LogP contribution is -2.59. The molecular weight excluding hydrogens is 332 g/mol. The number of carboxylic acid groups (broad SMARTS) is 2. The number of thioether (sulfide) groups is 2. The standard InChI is InChI=1S/C12H24N2O6S2/c1-21-5-3-7(13-11(17)18)9(15)10(16)8(4-6-22-2)14-12(19)20/h7-10,13-16H,3-6H2,1-2H3,(H,17,18)(H,19,20)/p-2. The zero-order valence-electron chi connectivity index (χ0n) is 12.5. The first-order chi connectivity index (χ1) is 10.3. The van der Waals surface area contributed by atoms with Crippen LogP contribution in [0.1, 0.15) is 12.8 Å². The van der Waals surface area contributed by atoms with Gasteiger partial charge in [0.1, 0.15) is 24.4 Å². The summed E-state index contributed by atoms with van der Waals surface area (Å²) in [7, 11) is 0. The maximum Gasteiger partial charge on any atom is 0.134 e. The van der Waals surface area contributed by atoms with E-state index >= 15 is 0 Å². The summed E-state index contributed by atoms with van der Waals surface area (Å²) < 4.78 is 0. The molecule has 130 valence electrons. The number of hydrogen-bond acceptors (Lipinski definition) is 8. The average Bonchev–Trinajstić information content (AvgIpc) is 2.45. The van der Waals surface area contributed by atoms with Crippen molar-refractivity contribution < 1.29 is 30.0 Å². The predicted molar refractivity (Wildman–Crippen MR) is 82.7 cm³/mol. The summed E-state index contributed by atoms with van der Waals surface area (Å²) in [6, 6.07) is -1.90. The minimum absolute atomic E-state index is 0.272. The van der Waals surface area contributed by atoms with Gasteiger partial charge in [0.05, 0.1) is 12.1 Å². The molecular formula is C12H22N2O6S2-2. The van der Waals surface area contributed by atoms with Crippen molar-refractivity contribution in [1.82, 2.24) is 10.6 Å². The molecule has 0 fully saturated rings. The van der Waals surface area contributed by atoms with Crippen LogP contribution >= 0.6 is 23.5 Å². The lowest BCUT2D eigenvalue weighted by molar-refractivity contribution is -0.255. The highest BCUT2D eigenvalue weighted by Gasteiger charge is 2.32. The molecule has 4 N–H and O–H groups in total. The van der Waals surface area contributed by atoms with Crippen molar-refractivity contribution in [2.45, 2.75) is 37.1 Å². The Labute approximate surface area is 138 Å². The van der Waals surface area contributed by atoms with E-state index in [0.717, 1.165) is 0 Å². The molecule has 0 aromatic heterocycles. The van der Waals surface area contributed by atoms with Gasteiger partial charge in [-0.25, -0.2) is 0 Å². The van der Waals surface area contributed by atoms with Crippen molar-refractivity contribution in [2.75, 3.05) is 24.0 Å². The second kappa shape index (κ2) is 11.7.